The Kier molecular flexibility index (Phi) is 2.48. The third-order valence-corrected chi connectivity index (χ3v) is 5.54. The van der Waals surface area contributed by atoms with E-state index >= 15 is 0 Å². The number of fused-ring (bicyclic) bond motifs is 10. The van der Waals surface area contributed by atoms with Crippen LogP contribution in [0.1, 0.15) is 5.56 Å². The molecule has 0 atom stereocenters. The van der Waals surface area contributed by atoms with Crippen LogP contribution >= 0.6 is 0 Å². The van der Waals surface area contributed by atoms with Crippen LogP contribution in [0.25, 0.3) is 49.3 Å². The summed E-state index contributed by atoms with van der Waals surface area (Å²) in [5.74, 6) is 0. The molecule has 0 N–H and O–H groups in total. The fourth-order valence-electron chi connectivity index (χ4n) is 4.34. The monoisotopic (exact) mass is 337 g/mol. The van der Waals surface area contributed by atoms with Crippen LogP contribution in [0, 0.1) is 6.92 Å². The van der Waals surface area contributed by atoms with Crippen molar-refractivity contribution < 1.29 is 8.98 Å². The lowest BCUT2D eigenvalue weighted by Crippen LogP contribution is -2.26. The summed E-state index contributed by atoms with van der Waals surface area (Å²) in [4.78, 5) is 0. The summed E-state index contributed by atoms with van der Waals surface area (Å²) >= 11 is 0. The van der Waals surface area contributed by atoms with Crippen LogP contribution in [0.4, 0.5) is 0 Å². The molecular weight excluding hydrogens is 320 g/mol. The van der Waals surface area contributed by atoms with E-state index in [2.05, 4.69) is 89.9 Å². The van der Waals surface area contributed by atoms with E-state index in [9.17, 15) is 0 Å². The molecule has 0 spiro atoms. The molecule has 6 rings (SSSR count). The van der Waals surface area contributed by atoms with Crippen LogP contribution < -0.4 is 4.57 Å². The van der Waals surface area contributed by atoms with Crippen molar-refractivity contribution in [2.45, 2.75) is 6.92 Å². The number of hydrogen-bond acceptors (Lipinski definition) is 1. The molecule has 0 aliphatic carbocycles. The summed E-state index contributed by atoms with van der Waals surface area (Å²) in [7, 11) is 2.10. The number of furan rings is 1. The van der Waals surface area contributed by atoms with Crippen molar-refractivity contribution in [1.82, 2.24) is 4.40 Å². The molecule has 0 aliphatic heterocycles. The van der Waals surface area contributed by atoms with Gasteiger partial charge < -0.3 is 4.42 Å². The minimum Gasteiger partial charge on any atom is -0.451 e. The van der Waals surface area contributed by atoms with Gasteiger partial charge >= 0.3 is 0 Å². The number of pyridine rings is 1. The summed E-state index contributed by atoms with van der Waals surface area (Å²) in [6, 6.07) is 19.2. The summed E-state index contributed by atoms with van der Waals surface area (Å²) in [6.45, 7) is 2.17. The highest BCUT2D eigenvalue weighted by Crippen LogP contribution is 2.39. The van der Waals surface area contributed by atoms with Crippen LogP contribution in [-0.2, 0) is 7.05 Å². The number of imidazole rings is 1. The van der Waals surface area contributed by atoms with E-state index in [4.69, 9.17) is 4.42 Å². The first-order valence-electron chi connectivity index (χ1n) is 8.86. The molecule has 0 radical (unpaired) electrons. The van der Waals surface area contributed by atoms with E-state index < -0.39 is 0 Å². The first kappa shape index (κ1) is 13.9. The van der Waals surface area contributed by atoms with Crippen LogP contribution in [0.2, 0.25) is 0 Å². The minimum absolute atomic E-state index is 0.957. The predicted molar refractivity (Wildman–Crippen MR) is 106 cm³/mol. The Morgan fingerprint density at radius 3 is 2.62 bits per heavy atom. The Morgan fingerprint density at radius 2 is 1.69 bits per heavy atom. The summed E-state index contributed by atoms with van der Waals surface area (Å²) in [6.07, 6.45) is 4.24. The Labute approximate surface area is 149 Å². The summed E-state index contributed by atoms with van der Waals surface area (Å²) < 4.78 is 11.0. The molecule has 0 unspecified atom stereocenters. The summed E-state index contributed by atoms with van der Waals surface area (Å²) in [5, 5.41) is 5.93. The number of rotatable bonds is 0. The number of aryl methyl sites for hydroxylation is 2. The van der Waals surface area contributed by atoms with Crippen molar-refractivity contribution in [1.29, 1.82) is 0 Å². The zero-order valence-electron chi connectivity index (χ0n) is 14.7. The maximum absolute atomic E-state index is 6.52. The largest absolute Gasteiger partial charge is 0.451 e. The molecule has 0 fully saturated rings. The van der Waals surface area contributed by atoms with Gasteiger partial charge in [0.15, 0.2) is 11.1 Å². The topological polar surface area (TPSA) is 21.4 Å². The van der Waals surface area contributed by atoms with E-state index in [1.54, 1.807) is 0 Å². The molecule has 3 aromatic carbocycles. The average molecular weight is 337 g/mol. The zero-order valence-corrected chi connectivity index (χ0v) is 14.7. The standard InChI is InChI=1S/C23H17N2O/c1-14-6-5-9-17-19(14)23-24(2)12-13-25(23)20-18-11-10-15-7-3-4-8-16(15)21(18)26-22(17)20/h3-13H,1-2H3/q+1. The smallest absolute Gasteiger partial charge is 0.295 e. The quantitative estimate of drug-likeness (QED) is 0.346. The lowest BCUT2D eigenvalue weighted by Gasteiger charge is -2.03. The molecule has 0 saturated carbocycles. The van der Waals surface area contributed by atoms with E-state index in [0.717, 1.165) is 27.5 Å². The van der Waals surface area contributed by atoms with Crippen LogP contribution in [-0.4, -0.2) is 4.40 Å². The SMILES string of the molecule is Cc1cccc2c3oc4c5ccccc5ccc4c3n3cc[n+](C)c3c12. The molecule has 124 valence electrons. The van der Waals surface area contributed by atoms with Crippen molar-refractivity contribution in [2.75, 3.05) is 0 Å². The molecule has 6 aromatic rings. The Morgan fingerprint density at radius 1 is 0.846 bits per heavy atom. The second kappa shape index (κ2) is 4.64. The summed E-state index contributed by atoms with van der Waals surface area (Å²) in [5.41, 5.74) is 5.51. The van der Waals surface area contributed by atoms with Gasteiger partial charge in [0.25, 0.3) is 5.65 Å². The average Bonchev–Trinajstić information content (AvgIpc) is 3.23. The Bertz CT molecular complexity index is 1500. The maximum atomic E-state index is 6.52. The third-order valence-electron chi connectivity index (χ3n) is 5.54. The van der Waals surface area contributed by atoms with Gasteiger partial charge in [-0.05, 0) is 23.9 Å². The molecule has 3 nitrogen and oxygen atoms in total. The fraction of sp³-hybridized carbons (Fsp3) is 0.0870. The highest BCUT2D eigenvalue weighted by Gasteiger charge is 2.24. The van der Waals surface area contributed by atoms with Crippen molar-refractivity contribution >= 4 is 49.3 Å². The second-order valence-electron chi connectivity index (χ2n) is 7.04. The van der Waals surface area contributed by atoms with Crippen molar-refractivity contribution in [3.8, 4) is 0 Å². The lowest BCUT2D eigenvalue weighted by molar-refractivity contribution is -0.643. The fourth-order valence-corrected chi connectivity index (χ4v) is 4.34. The van der Waals surface area contributed by atoms with Gasteiger partial charge in [0, 0.05) is 10.8 Å². The Balaban J connectivity index is 2.02. The first-order chi connectivity index (χ1) is 12.7. The van der Waals surface area contributed by atoms with Gasteiger partial charge in [-0.25, -0.2) is 4.57 Å². The van der Waals surface area contributed by atoms with Gasteiger partial charge in [-0.2, -0.15) is 4.40 Å². The first-order valence-corrected chi connectivity index (χ1v) is 8.86. The second-order valence-corrected chi connectivity index (χ2v) is 7.04. The zero-order chi connectivity index (χ0) is 17.4. The van der Waals surface area contributed by atoms with Gasteiger partial charge in [0.05, 0.1) is 17.8 Å². The maximum Gasteiger partial charge on any atom is 0.295 e. The van der Waals surface area contributed by atoms with Crippen molar-refractivity contribution in [2.24, 2.45) is 7.05 Å². The predicted octanol–water partition coefficient (Wildman–Crippen LogP) is 5.28. The molecule has 3 heteroatoms. The van der Waals surface area contributed by atoms with Crippen LogP contribution in [0.3, 0.4) is 0 Å². The van der Waals surface area contributed by atoms with Gasteiger partial charge in [-0.15, -0.1) is 0 Å². The van der Waals surface area contributed by atoms with Gasteiger partial charge in [0.1, 0.15) is 18.0 Å². The number of hydrogen-bond donors (Lipinski definition) is 0. The molecule has 0 saturated heterocycles. The lowest BCUT2D eigenvalue weighted by atomic mass is 10.0. The molecule has 0 amide bonds. The van der Waals surface area contributed by atoms with E-state index in [1.807, 2.05) is 0 Å². The number of aromatic nitrogens is 2. The number of benzene rings is 3. The van der Waals surface area contributed by atoms with Crippen molar-refractivity contribution in [3.05, 3.63) is 72.6 Å². The van der Waals surface area contributed by atoms with E-state index in [0.29, 0.717) is 0 Å². The molecule has 26 heavy (non-hydrogen) atoms. The van der Waals surface area contributed by atoms with Crippen LogP contribution in [0.5, 0.6) is 0 Å². The highest BCUT2D eigenvalue weighted by atomic mass is 16.3. The molecular formula is C23H17N2O+. The van der Waals surface area contributed by atoms with Crippen LogP contribution in [0.15, 0.2) is 71.4 Å². The van der Waals surface area contributed by atoms with Crippen molar-refractivity contribution in [3.63, 3.8) is 0 Å². The van der Waals surface area contributed by atoms with Gasteiger partial charge in [-0.3, -0.25) is 0 Å². The molecule has 3 heterocycles. The van der Waals surface area contributed by atoms with E-state index in [-0.39, 0.29) is 0 Å². The minimum atomic E-state index is 0.957. The molecule has 0 bridgehead atoms. The molecule has 3 aromatic heterocycles. The molecule has 0 aliphatic rings. The normalized spacial score (nSPS) is 12.2. The Hall–Kier alpha value is -3.33. The highest BCUT2D eigenvalue weighted by molar-refractivity contribution is 6.21. The van der Waals surface area contributed by atoms with E-state index in [1.165, 1.54) is 27.4 Å². The number of nitrogens with zero attached hydrogens (tertiary/aromatic N) is 2. The third kappa shape index (κ3) is 1.56. The van der Waals surface area contributed by atoms with Gasteiger partial charge in [0.2, 0.25) is 0 Å². The van der Waals surface area contributed by atoms with Gasteiger partial charge in [-0.1, -0.05) is 48.5 Å².